The van der Waals surface area contributed by atoms with Crippen molar-refractivity contribution in [3.05, 3.63) is 30.1 Å². The molecule has 19 heavy (non-hydrogen) atoms. The highest BCUT2D eigenvalue weighted by Crippen LogP contribution is 2.15. The minimum absolute atomic E-state index is 0.254. The quantitative estimate of drug-likeness (QED) is 0.871. The van der Waals surface area contributed by atoms with Gasteiger partial charge in [-0.25, -0.2) is 4.79 Å². The largest absolute Gasteiger partial charge is 0.481 e. The first kappa shape index (κ1) is 14.9. The maximum atomic E-state index is 11.7. The van der Waals surface area contributed by atoms with Gasteiger partial charge in [0.1, 0.15) is 5.60 Å². The Bertz CT molecular complexity index is 440. The summed E-state index contributed by atoms with van der Waals surface area (Å²) in [5, 5.41) is 11.4. The minimum atomic E-state index is -1.02. The number of alkyl carbamates (subject to hydrolysis) is 1. The average molecular weight is 266 g/mol. The number of ether oxygens (including phenoxy) is 1. The summed E-state index contributed by atoms with van der Waals surface area (Å²) in [4.78, 5) is 26.5. The van der Waals surface area contributed by atoms with Crippen molar-refractivity contribution in [2.24, 2.45) is 0 Å². The fourth-order valence-corrected chi connectivity index (χ4v) is 1.44. The van der Waals surface area contributed by atoms with Crippen molar-refractivity contribution in [2.45, 2.75) is 38.8 Å². The summed E-state index contributed by atoms with van der Waals surface area (Å²) >= 11 is 0. The number of pyridine rings is 1. The molecular formula is C13H18N2O4. The van der Waals surface area contributed by atoms with Crippen molar-refractivity contribution in [1.82, 2.24) is 10.3 Å². The molecule has 0 saturated heterocycles. The number of rotatable bonds is 4. The molecule has 104 valence electrons. The van der Waals surface area contributed by atoms with Crippen LogP contribution in [0.2, 0.25) is 0 Å². The molecule has 0 aromatic carbocycles. The number of carboxylic acid groups (broad SMARTS) is 1. The maximum absolute atomic E-state index is 11.7. The lowest BCUT2D eigenvalue weighted by Crippen LogP contribution is -2.36. The molecule has 6 heteroatoms. The Morgan fingerprint density at radius 1 is 1.42 bits per heavy atom. The van der Waals surface area contributed by atoms with E-state index in [1.165, 1.54) is 0 Å². The van der Waals surface area contributed by atoms with Gasteiger partial charge in [0.05, 0.1) is 18.2 Å². The van der Waals surface area contributed by atoms with Crippen molar-refractivity contribution in [3.8, 4) is 0 Å². The van der Waals surface area contributed by atoms with Crippen LogP contribution in [0.5, 0.6) is 0 Å². The van der Waals surface area contributed by atoms with E-state index < -0.39 is 23.7 Å². The third-order valence-corrected chi connectivity index (χ3v) is 2.11. The Hall–Kier alpha value is -2.11. The minimum Gasteiger partial charge on any atom is -0.481 e. The maximum Gasteiger partial charge on any atom is 0.408 e. The highest BCUT2D eigenvalue weighted by molar-refractivity contribution is 5.72. The number of amides is 1. The van der Waals surface area contributed by atoms with E-state index in [2.05, 4.69) is 10.3 Å². The van der Waals surface area contributed by atoms with Gasteiger partial charge in [0.25, 0.3) is 0 Å². The standard InChI is InChI=1S/C13H18N2O4/c1-13(2,3)19-12(18)15-10(8-11(16)17)9-6-4-5-7-14-9/h4-7,10H,8H2,1-3H3,(H,15,18)(H,16,17)/t10-/m0/s1. The molecule has 0 aliphatic carbocycles. The van der Waals surface area contributed by atoms with E-state index in [1.54, 1.807) is 45.2 Å². The van der Waals surface area contributed by atoms with Crippen LogP contribution in [-0.2, 0) is 9.53 Å². The third-order valence-electron chi connectivity index (χ3n) is 2.11. The Morgan fingerprint density at radius 2 is 2.11 bits per heavy atom. The average Bonchev–Trinajstić information content (AvgIpc) is 2.26. The molecule has 1 rings (SSSR count). The summed E-state index contributed by atoms with van der Waals surface area (Å²) < 4.78 is 5.10. The van der Waals surface area contributed by atoms with E-state index in [0.717, 1.165) is 0 Å². The third kappa shape index (κ3) is 5.85. The SMILES string of the molecule is CC(C)(C)OC(=O)N[C@@H](CC(=O)O)c1ccccn1. The second-order valence-electron chi connectivity index (χ2n) is 5.05. The van der Waals surface area contributed by atoms with Gasteiger partial charge < -0.3 is 15.2 Å². The number of carbonyl (C=O) groups is 2. The Labute approximate surface area is 111 Å². The molecule has 6 nitrogen and oxygen atoms in total. The number of nitrogens with zero attached hydrogens (tertiary/aromatic N) is 1. The molecule has 0 saturated carbocycles. The highest BCUT2D eigenvalue weighted by Gasteiger charge is 2.22. The second kappa shape index (κ2) is 6.17. The van der Waals surface area contributed by atoms with Crippen molar-refractivity contribution in [2.75, 3.05) is 0 Å². The van der Waals surface area contributed by atoms with Gasteiger partial charge >= 0.3 is 12.1 Å². The van der Waals surface area contributed by atoms with E-state index in [-0.39, 0.29) is 6.42 Å². The molecule has 0 aliphatic heterocycles. The van der Waals surface area contributed by atoms with Crippen LogP contribution in [0.3, 0.4) is 0 Å². The predicted molar refractivity (Wildman–Crippen MR) is 68.6 cm³/mol. The normalized spacial score (nSPS) is 12.6. The number of aromatic nitrogens is 1. The van der Waals surface area contributed by atoms with Gasteiger partial charge in [0, 0.05) is 6.20 Å². The van der Waals surface area contributed by atoms with Gasteiger partial charge in [-0.1, -0.05) is 6.07 Å². The predicted octanol–water partition coefficient (Wildman–Crippen LogP) is 2.12. The summed E-state index contributed by atoms with van der Waals surface area (Å²) in [6.07, 6.45) is 0.626. The Kier molecular flexibility index (Phi) is 4.86. The highest BCUT2D eigenvalue weighted by atomic mass is 16.6. The lowest BCUT2D eigenvalue weighted by atomic mass is 10.1. The number of carbonyl (C=O) groups excluding carboxylic acids is 1. The zero-order valence-corrected chi connectivity index (χ0v) is 11.2. The van der Waals surface area contributed by atoms with Gasteiger partial charge in [-0.15, -0.1) is 0 Å². The Balaban J connectivity index is 2.76. The van der Waals surface area contributed by atoms with E-state index in [1.807, 2.05) is 0 Å². The van der Waals surface area contributed by atoms with Crippen LogP contribution in [0.4, 0.5) is 4.79 Å². The number of nitrogens with one attached hydrogen (secondary N) is 1. The fourth-order valence-electron chi connectivity index (χ4n) is 1.44. The summed E-state index contributed by atoms with van der Waals surface area (Å²) in [5.74, 6) is -1.02. The van der Waals surface area contributed by atoms with Gasteiger partial charge in [-0.2, -0.15) is 0 Å². The van der Waals surface area contributed by atoms with Crippen LogP contribution in [0.1, 0.15) is 38.9 Å². The van der Waals surface area contributed by atoms with Crippen LogP contribution >= 0.6 is 0 Å². The van der Waals surface area contributed by atoms with E-state index in [0.29, 0.717) is 5.69 Å². The van der Waals surface area contributed by atoms with Crippen molar-refractivity contribution in [1.29, 1.82) is 0 Å². The van der Waals surface area contributed by atoms with Gasteiger partial charge in [0.2, 0.25) is 0 Å². The first-order valence-electron chi connectivity index (χ1n) is 5.90. The smallest absolute Gasteiger partial charge is 0.408 e. The van der Waals surface area contributed by atoms with E-state index in [4.69, 9.17) is 9.84 Å². The van der Waals surface area contributed by atoms with Gasteiger partial charge in [0.15, 0.2) is 0 Å². The second-order valence-corrected chi connectivity index (χ2v) is 5.05. The van der Waals surface area contributed by atoms with Gasteiger partial charge in [-0.05, 0) is 32.9 Å². The van der Waals surface area contributed by atoms with Crippen LogP contribution in [-0.4, -0.2) is 27.8 Å². The summed E-state index contributed by atoms with van der Waals surface area (Å²) in [6, 6.07) is 4.39. The number of aliphatic carboxylic acids is 1. The zero-order chi connectivity index (χ0) is 14.5. The molecule has 0 spiro atoms. The van der Waals surface area contributed by atoms with Crippen LogP contribution < -0.4 is 5.32 Å². The zero-order valence-electron chi connectivity index (χ0n) is 11.2. The first-order valence-corrected chi connectivity index (χ1v) is 5.90. The number of hydrogen-bond acceptors (Lipinski definition) is 4. The fraction of sp³-hybridized carbons (Fsp3) is 0.462. The molecule has 1 aromatic heterocycles. The molecule has 1 atom stereocenters. The molecule has 2 N–H and O–H groups in total. The lowest BCUT2D eigenvalue weighted by Gasteiger charge is -2.22. The molecule has 0 fully saturated rings. The van der Waals surface area contributed by atoms with Crippen molar-refractivity contribution in [3.63, 3.8) is 0 Å². The molecule has 0 bridgehead atoms. The monoisotopic (exact) mass is 266 g/mol. The van der Waals surface area contributed by atoms with Crippen molar-refractivity contribution >= 4 is 12.1 Å². The van der Waals surface area contributed by atoms with Crippen LogP contribution in [0, 0.1) is 0 Å². The lowest BCUT2D eigenvalue weighted by molar-refractivity contribution is -0.137. The van der Waals surface area contributed by atoms with Crippen molar-refractivity contribution < 1.29 is 19.4 Å². The first-order chi connectivity index (χ1) is 8.78. The van der Waals surface area contributed by atoms with E-state index >= 15 is 0 Å². The molecule has 0 unspecified atom stereocenters. The summed E-state index contributed by atoms with van der Waals surface area (Å²) in [5.41, 5.74) is -0.155. The molecule has 0 radical (unpaired) electrons. The summed E-state index contributed by atoms with van der Waals surface area (Å²) in [7, 11) is 0. The molecule has 1 amide bonds. The van der Waals surface area contributed by atoms with Crippen LogP contribution in [0.15, 0.2) is 24.4 Å². The van der Waals surface area contributed by atoms with Crippen LogP contribution in [0.25, 0.3) is 0 Å². The Morgan fingerprint density at radius 3 is 2.58 bits per heavy atom. The summed E-state index contributed by atoms with van der Waals surface area (Å²) in [6.45, 7) is 5.21. The molecule has 1 aromatic rings. The molecule has 0 aliphatic rings. The molecule has 1 heterocycles. The number of hydrogen-bond donors (Lipinski definition) is 2. The van der Waals surface area contributed by atoms with E-state index in [9.17, 15) is 9.59 Å². The number of carboxylic acids is 1. The topological polar surface area (TPSA) is 88.5 Å². The van der Waals surface area contributed by atoms with Gasteiger partial charge in [-0.3, -0.25) is 9.78 Å². The molecular weight excluding hydrogens is 248 g/mol.